The SMILES string of the molecule is O=C(Nc1ccccc1)c1cccc(Cc2cc(Cl)ccc2OCc2ccccc2)n1. The molecule has 0 bridgehead atoms. The van der Waals surface area contributed by atoms with Crippen molar-refractivity contribution in [3.63, 3.8) is 0 Å². The first-order chi connectivity index (χ1) is 15.2. The summed E-state index contributed by atoms with van der Waals surface area (Å²) in [5, 5.41) is 3.49. The van der Waals surface area contributed by atoms with Gasteiger partial charge in [0.15, 0.2) is 0 Å². The first-order valence-electron chi connectivity index (χ1n) is 9.95. The smallest absolute Gasteiger partial charge is 0.274 e. The van der Waals surface area contributed by atoms with Crippen molar-refractivity contribution in [2.45, 2.75) is 13.0 Å². The number of pyridine rings is 1. The molecule has 1 heterocycles. The normalized spacial score (nSPS) is 10.5. The molecule has 0 saturated carbocycles. The lowest BCUT2D eigenvalue weighted by molar-refractivity contribution is 0.102. The van der Waals surface area contributed by atoms with Crippen molar-refractivity contribution in [3.05, 3.63) is 125 Å². The van der Waals surface area contributed by atoms with Gasteiger partial charge in [-0.05, 0) is 48.0 Å². The molecule has 0 aliphatic carbocycles. The van der Waals surface area contributed by atoms with E-state index in [1.807, 2.05) is 91.0 Å². The van der Waals surface area contributed by atoms with Crippen LogP contribution >= 0.6 is 11.6 Å². The molecular formula is C26H21ClN2O2. The van der Waals surface area contributed by atoms with Gasteiger partial charge in [-0.15, -0.1) is 0 Å². The topological polar surface area (TPSA) is 51.2 Å². The Morgan fingerprint density at radius 1 is 0.871 bits per heavy atom. The summed E-state index contributed by atoms with van der Waals surface area (Å²) in [7, 11) is 0. The second-order valence-electron chi connectivity index (χ2n) is 7.04. The number of para-hydroxylation sites is 1. The summed E-state index contributed by atoms with van der Waals surface area (Å²) in [6.45, 7) is 0.461. The summed E-state index contributed by atoms with van der Waals surface area (Å²) in [4.78, 5) is 17.1. The van der Waals surface area contributed by atoms with E-state index in [2.05, 4.69) is 10.3 Å². The lowest BCUT2D eigenvalue weighted by Gasteiger charge is -2.13. The second kappa shape index (κ2) is 9.92. The van der Waals surface area contributed by atoms with E-state index in [-0.39, 0.29) is 5.91 Å². The molecule has 0 saturated heterocycles. The molecule has 0 aliphatic heterocycles. The first kappa shape index (κ1) is 20.6. The molecular weight excluding hydrogens is 408 g/mol. The Morgan fingerprint density at radius 2 is 1.61 bits per heavy atom. The Balaban J connectivity index is 1.50. The maximum Gasteiger partial charge on any atom is 0.274 e. The molecule has 4 rings (SSSR count). The van der Waals surface area contributed by atoms with Crippen molar-refractivity contribution in [3.8, 4) is 5.75 Å². The van der Waals surface area contributed by atoms with Crippen LogP contribution < -0.4 is 10.1 Å². The molecule has 0 radical (unpaired) electrons. The van der Waals surface area contributed by atoms with Crippen LogP contribution in [0.3, 0.4) is 0 Å². The van der Waals surface area contributed by atoms with Crippen molar-refractivity contribution in [1.29, 1.82) is 0 Å². The van der Waals surface area contributed by atoms with Crippen LogP contribution in [0.4, 0.5) is 5.69 Å². The molecule has 1 N–H and O–H groups in total. The summed E-state index contributed by atoms with van der Waals surface area (Å²) in [6.07, 6.45) is 0.497. The molecule has 0 spiro atoms. The average molecular weight is 429 g/mol. The molecule has 3 aromatic carbocycles. The molecule has 154 valence electrons. The quantitative estimate of drug-likeness (QED) is 0.383. The van der Waals surface area contributed by atoms with Crippen molar-refractivity contribution in [1.82, 2.24) is 4.98 Å². The van der Waals surface area contributed by atoms with Gasteiger partial charge in [0.25, 0.3) is 5.91 Å². The fourth-order valence-corrected chi connectivity index (χ4v) is 3.37. The van der Waals surface area contributed by atoms with E-state index < -0.39 is 0 Å². The van der Waals surface area contributed by atoms with Gasteiger partial charge in [-0.25, -0.2) is 4.98 Å². The number of anilines is 1. The zero-order chi connectivity index (χ0) is 21.5. The Morgan fingerprint density at radius 3 is 2.39 bits per heavy atom. The van der Waals surface area contributed by atoms with Crippen LogP contribution in [0.2, 0.25) is 5.02 Å². The lowest BCUT2D eigenvalue weighted by Crippen LogP contribution is -2.14. The van der Waals surface area contributed by atoms with Crippen molar-refractivity contribution in [2.75, 3.05) is 5.32 Å². The number of nitrogens with zero attached hydrogens (tertiary/aromatic N) is 1. The minimum atomic E-state index is -0.250. The van der Waals surface area contributed by atoms with Gasteiger partial charge in [-0.3, -0.25) is 4.79 Å². The third-order valence-corrected chi connectivity index (χ3v) is 4.94. The summed E-state index contributed by atoms with van der Waals surface area (Å²) in [5.41, 5.74) is 3.84. The minimum Gasteiger partial charge on any atom is -0.489 e. The molecule has 0 atom stereocenters. The highest BCUT2D eigenvalue weighted by Crippen LogP contribution is 2.26. The molecule has 1 aromatic heterocycles. The van der Waals surface area contributed by atoms with Crippen molar-refractivity contribution < 1.29 is 9.53 Å². The van der Waals surface area contributed by atoms with Crippen LogP contribution in [0, 0.1) is 0 Å². The molecule has 5 heteroatoms. The van der Waals surface area contributed by atoms with Gasteiger partial charge in [0.2, 0.25) is 0 Å². The van der Waals surface area contributed by atoms with E-state index in [1.54, 1.807) is 6.07 Å². The van der Waals surface area contributed by atoms with Crippen molar-refractivity contribution >= 4 is 23.2 Å². The van der Waals surface area contributed by atoms with Crippen LogP contribution in [0.1, 0.15) is 27.3 Å². The molecule has 4 nitrogen and oxygen atoms in total. The average Bonchev–Trinajstić information content (AvgIpc) is 2.80. The maximum absolute atomic E-state index is 12.6. The van der Waals surface area contributed by atoms with Crippen molar-refractivity contribution in [2.24, 2.45) is 0 Å². The van der Waals surface area contributed by atoms with E-state index >= 15 is 0 Å². The number of aromatic nitrogens is 1. The number of rotatable bonds is 7. The molecule has 31 heavy (non-hydrogen) atoms. The highest BCUT2D eigenvalue weighted by atomic mass is 35.5. The molecule has 1 amide bonds. The van der Waals surface area contributed by atoms with Gasteiger partial charge >= 0.3 is 0 Å². The third-order valence-electron chi connectivity index (χ3n) is 4.70. The standard InChI is InChI=1S/C26H21ClN2O2/c27-21-14-15-25(31-18-19-8-3-1-4-9-19)20(16-21)17-23-12-7-13-24(28-23)26(30)29-22-10-5-2-6-11-22/h1-16H,17-18H2,(H,29,30). The van der Waals surface area contributed by atoms with Crippen LogP contribution in [-0.2, 0) is 13.0 Å². The number of nitrogens with one attached hydrogen (secondary N) is 1. The second-order valence-corrected chi connectivity index (χ2v) is 7.47. The predicted octanol–water partition coefficient (Wildman–Crippen LogP) is 6.16. The highest BCUT2D eigenvalue weighted by Gasteiger charge is 2.11. The number of halogens is 1. The Bertz CT molecular complexity index is 1160. The Kier molecular flexibility index (Phi) is 6.60. The number of carbonyl (C=O) groups is 1. The van der Waals surface area contributed by atoms with E-state index in [0.717, 1.165) is 28.3 Å². The maximum atomic E-state index is 12.6. The number of carbonyl (C=O) groups excluding carboxylic acids is 1. The van der Waals surface area contributed by atoms with Gasteiger partial charge in [0.05, 0.1) is 0 Å². The number of hydrogen-bond acceptors (Lipinski definition) is 3. The van der Waals surface area contributed by atoms with Crippen LogP contribution in [-0.4, -0.2) is 10.9 Å². The van der Waals surface area contributed by atoms with E-state index in [4.69, 9.17) is 16.3 Å². The lowest BCUT2D eigenvalue weighted by atomic mass is 10.1. The van der Waals surface area contributed by atoms with Crippen LogP contribution in [0.5, 0.6) is 5.75 Å². The summed E-state index contributed by atoms with van der Waals surface area (Å²) >= 11 is 6.23. The first-order valence-corrected chi connectivity index (χ1v) is 10.3. The fraction of sp³-hybridized carbons (Fsp3) is 0.0769. The van der Waals surface area contributed by atoms with Crippen LogP contribution in [0.15, 0.2) is 97.1 Å². The third kappa shape index (κ3) is 5.71. The summed E-state index contributed by atoms with van der Waals surface area (Å²) in [6, 6.07) is 30.3. The highest BCUT2D eigenvalue weighted by molar-refractivity contribution is 6.30. The molecule has 0 aliphatic rings. The van der Waals surface area contributed by atoms with Crippen LogP contribution in [0.25, 0.3) is 0 Å². The number of amides is 1. The zero-order valence-electron chi connectivity index (χ0n) is 16.8. The van der Waals surface area contributed by atoms with Gasteiger partial charge in [-0.1, -0.05) is 66.2 Å². The van der Waals surface area contributed by atoms with E-state index in [9.17, 15) is 4.79 Å². The van der Waals surface area contributed by atoms with Gasteiger partial charge in [0, 0.05) is 28.4 Å². The molecule has 4 aromatic rings. The number of hydrogen-bond donors (Lipinski definition) is 1. The van der Waals surface area contributed by atoms with Gasteiger partial charge in [-0.2, -0.15) is 0 Å². The largest absolute Gasteiger partial charge is 0.489 e. The van der Waals surface area contributed by atoms with Gasteiger partial charge in [0.1, 0.15) is 18.1 Å². The predicted molar refractivity (Wildman–Crippen MR) is 124 cm³/mol. The minimum absolute atomic E-state index is 0.250. The van der Waals surface area contributed by atoms with E-state index in [1.165, 1.54) is 0 Å². The summed E-state index contributed by atoms with van der Waals surface area (Å²) < 4.78 is 6.04. The number of benzene rings is 3. The summed E-state index contributed by atoms with van der Waals surface area (Å²) in [5.74, 6) is 0.494. The fourth-order valence-electron chi connectivity index (χ4n) is 3.18. The Labute approximate surface area is 186 Å². The number of ether oxygens (including phenoxy) is 1. The monoisotopic (exact) mass is 428 g/mol. The van der Waals surface area contributed by atoms with Gasteiger partial charge < -0.3 is 10.1 Å². The van der Waals surface area contributed by atoms with E-state index in [0.29, 0.717) is 23.7 Å². The molecule has 0 fully saturated rings. The zero-order valence-corrected chi connectivity index (χ0v) is 17.5. The molecule has 0 unspecified atom stereocenters. The Hall–Kier alpha value is -3.63.